The highest BCUT2D eigenvalue weighted by Gasteiger charge is 2.13. The van der Waals surface area contributed by atoms with Crippen LogP contribution in [0.2, 0.25) is 0 Å². The lowest BCUT2D eigenvalue weighted by Crippen LogP contribution is -2.06. The number of carbonyl (C=O) groups is 1. The van der Waals surface area contributed by atoms with E-state index in [9.17, 15) is 4.79 Å². The highest BCUT2D eigenvalue weighted by molar-refractivity contribution is 5.99. The van der Waals surface area contributed by atoms with E-state index in [1.807, 2.05) is 31.4 Å². The number of ketones is 1. The highest BCUT2D eigenvalue weighted by atomic mass is 16.5. The van der Waals surface area contributed by atoms with Crippen LogP contribution in [-0.2, 0) is 13.5 Å². The van der Waals surface area contributed by atoms with E-state index in [1.165, 1.54) is 0 Å². The fourth-order valence-electron chi connectivity index (χ4n) is 1.69. The molecule has 0 fully saturated rings. The van der Waals surface area contributed by atoms with E-state index in [0.717, 1.165) is 5.69 Å². The van der Waals surface area contributed by atoms with Crippen LogP contribution in [0.15, 0.2) is 36.5 Å². The Morgan fingerprint density at radius 1 is 1.35 bits per heavy atom. The predicted molar refractivity (Wildman–Crippen MR) is 64.2 cm³/mol. The van der Waals surface area contributed by atoms with Gasteiger partial charge in [0.25, 0.3) is 0 Å². The minimum atomic E-state index is 0.0150. The van der Waals surface area contributed by atoms with Gasteiger partial charge in [0.1, 0.15) is 5.75 Å². The monoisotopic (exact) mass is 230 g/mol. The Morgan fingerprint density at radius 3 is 2.76 bits per heavy atom. The van der Waals surface area contributed by atoms with Crippen molar-refractivity contribution >= 4 is 5.78 Å². The van der Waals surface area contributed by atoms with Crippen molar-refractivity contribution in [3.8, 4) is 5.75 Å². The first-order valence-corrected chi connectivity index (χ1v) is 5.35. The average molecular weight is 230 g/mol. The van der Waals surface area contributed by atoms with Crippen LogP contribution in [0.5, 0.6) is 5.75 Å². The molecule has 0 amide bonds. The summed E-state index contributed by atoms with van der Waals surface area (Å²) in [5.74, 6) is 0.620. The SMILES string of the molecule is COc1ccccc1C(=O)Cc1ccn(C)n1. The molecule has 0 N–H and O–H groups in total. The first-order valence-electron chi connectivity index (χ1n) is 5.35. The number of para-hydroxylation sites is 1. The highest BCUT2D eigenvalue weighted by Crippen LogP contribution is 2.19. The van der Waals surface area contributed by atoms with Gasteiger partial charge in [0.2, 0.25) is 0 Å². The van der Waals surface area contributed by atoms with Crippen LogP contribution >= 0.6 is 0 Å². The van der Waals surface area contributed by atoms with Crippen LogP contribution in [0.25, 0.3) is 0 Å². The van der Waals surface area contributed by atoms with Gasteiger partial charge in [-0.1, -0.05) is 12.1 Å². The molecule has 0 spiro atoms. The molecule has 88 valence electrons. The third kappa shape index (κ3) is 2.53. The number of hydrogen-bond donors (Lipinski definition) is 0. The van der Waals surface area contributed by atoms with Crippen molar-refractivity contribution in [2.45, 2.75) is 6.42 Å². The lowest BCUT2D eigenvalue weighted by Gasteiger charge is -2.05. The molecule has 0 aliphatic carbocycles. The summed E-state index contributed by atoms with van der Waals surface area (Å²) in [5, 5.41) is 4.19. The van der Waals surface area contributed by atoms with Gasteiger partial charge in [-0.25, -0.2) is 0 Å². The zero-order valence-electron chi connectivity index (χ0n) is 9.88. The molecule has 1 heterocycles. The molecule has 0 radical (unpaired) electrons. The third-order valence-electron chi connectivity index (χ3n) is 2.52. The molecule has 1 aromatic carbocycles. The standard InChI is InChI=1S/C13H14N2O2/c1-15-8-7-10(14-15)9-12(16)11-5-3-4-6-13(11)17-2/h3-8H,9H2,1-2H3. The van der Waals surface area contributed by atoms with Gasteiger partial charge in [-0.3, -0.25) is 9.48 Å². The van der Waals surface area contributed by atoms with Crippen molar-refractivity contribution in [2.24, 2.45) is 7.05 Å². The number of benzene rings is 1. The van der Waals surface area contributed by atoms with Crippen molar-refractivity contribution in [3.05, 3.63) is 47.8 Å². The maximum Gasteiger partial charge on any atom is 0.172 e. The maximum absolute atomic E-state index is 12.1. The van der Waals surface area contributed by atoms with Gasteiger partial charge < -0.3 is 4.74 Å². The summed E-state index contributed by atoms with van der Waals surface area (Å²) in [6, 6.07) is 9.06. The summed E-state index contributed by atoms with van der Waals surface area (Å²) >= 11 is 0. The maximum atomic E-state index is 12.1. The van der Waals surface area contributed by atoms with Crippen molar-refractivity contribution in [3.63, 3.8) is 0 Å². The fraction of sp³-hybridized carbons (Fsp3) is 0.231. The Balaban J connectivity index is 2.20. The summed E-state index contributed by atoms with van der Waals surface area (Å²) in [6.07, 6.45) is 2.12. The van der Waals surface area contributed by atoms with Gasteiger partial charge in [0.05, 0.1) is 24.8 Å². The van der Waals surface area contributed by atoms with E-state index in [0.29, 0.717) is 17.7 Å². The van der Waals surface area contributed by atoms with Gasteiger partial charge in [-0.2, -0.15) is 5.10 Å². The molecule has 4 heteroatoms. The molecule has 0 unspecified atom stereocenters. The molecule has 0 saturated carbocycles. The summed E-state index contributed by atoms with van der Waals surface area (Å²) in [7, 11) is 3.39. The normalized spacial score (nSPS) is 10.2. The number of methoxy groups -OCH3 is 1. The number of Topliss-reactive ketones (excluding diaryl/α,β-unsaturated/α-hetero) is 1. The molecular weight excluding hydrogens is 216 g/mol. The van der Waals surface area contributed by atoms with Crippen molar-refractivity contribution in [2.75, 3.05) is 7.11 Å². The van der Waals surface area contributed by atoms with E-state index in [2.05, 4.69) is 5.10 Å². The number of aromatic nitrogens is 2. The topological polar surface area (TPSA) is 44.1 Å². The van der Waals surface area contributed by atoms with Gasteiger partial charge in [-0.05, 0) is 18.2 Å². The Labute approximate surface area is 99.8 Å². The smallest absolute Gasteiger partial charge is 0.172 e. The first-order chi connectivity index (χ1) is 8.20. The lowest BCUT2D eigenvalue weighted by atomic mass is 10.1. The summed E-state index contributed by atoms with van der Waals surface area (Å²) < 4.78 is 6.85. The molecule has 4 nitrogen and oxygen atoms in total. The van der Waals surface area contributed by atoms with Crippen LogP contribution in [0.3, 0.4) is 0 Å². The molecule has 2 rings (SSSR count). The Kier molecular flexibility index (Phi) is 3.23. The molecule has 1 aromatic heterocycles. The molecule has 0 bridgehead atoms. The second-order valence-corrected chi connectivity index (χ2v) is 3.78. The zero-order valence-corrected chi connectivity index (χ0v) is 9.88. The van der Waals surface area contributed by atoms with Gasteiger partial charge >= 0.3 is 0 Å². The van der Waals surface area contributed by atoms with Crippen LogP contribution in [0.1, 0.15) is 16.1 Å². The van der Waals surface area contributed by atoms with E-state index in [4.69, 9.17) is 4.74 Å². The van der Waals surface area contributed by atoms with Gasteiger partial charge in [-0.15, -0.1) is 0 Å². The van der Waals surface area contributed by atoms with Crippen molar-refractivity contribution in [1.29, 1.82) is 0 Å². The number of nitrogens with zero attached hydrogens (tertiary/aromatic N) is 2. The van der Waals surface area contributed by atoms with Crippen LogP contribution in [-0.4, -0.2) is 22.7 Å². The zero-order chi connectivity index (χ0) is 12.3. The number of ether oxygens (including phenoxy) is 1. The quantitative estimate of drug-likeness (QED) is 0.753. The van der Waals surface area contributed by atoms with Gasteiger partial charge in [0.15, 0.2) is 5.78 Å². The van der Waals surface area contributed by atoms with E-state index >= 15 is 0 Å². The number of aryl methyl sites for hydroxylation is 1. The minimum Gasteiger partial charge on any atom is -0.496 e. The first kappa shape index (κ1) is 11.4. The number of rotatable bonds is 4. The molecular formula is C13H14N2O2. The largest absolute Gasteiger partial charge is 0.496 e. The average Bonchev–Trinajstić information content (AvgIpc) is 2.74. The van der Waals surface area contributed by atoms with Crippen LogP contribution in [0.4, 0.5) is 0 Å². The van der Waals surface area contributed by atoms with Crippen molar-refractivity contribution < 1.29 is 9.53 Å². The number of carbonyl (C=O) groups excluding carboxylic acids is 1. The molecule has 0 atom stereocenters. The van der Waals surface area contributed by atoms with E-state index in [1.54, 1.807) is 23.9 Å². The summed E-state index contributed by atoms with van der Waals surface area (Å²) in [4.78, 5) is 12.1. The van der Waals surface area contributed by atoms with E-state index in [-0.39, 0.29) is 5.78 Å². The van der Waals surface area contributed by atoms with Gasteiger partial charge in [0, 0.05) is 13.2 Å². The summed E-state index contributed by atoms with van der Waals surface area (Å²) in [6.45, 7) is 0. The molecule has 0 aliphatic rings. The fourth-order valence-corrected chi connectivity index (χ4v) is 1.69. The lowest BCUT2D eigenvalue weighted by molar-refractivity contribution is 0.0989. The minimum absolute atomic E-state index is 0.0150. The van der Waals surface area contributed by atoms with Crippen molar-refractivity contribution in [1.82, 2.24) is 9.78 Å². The van der Waals surface area contributed by atoms with Crippen LogP contribution < -0.4 is 4.74 Å². The Morgan fingerprint density at radius 2 is 2.12 bits per heavy atom. The molecule has 0 saturated heterocycles. The summed E-state index contributed by atoms with van der Waals surface area (Å²) in [5.41, 5.74) is 1.36. The molecule has 0 aliphatic heterocycles. The second kappa shape index (κ2) is 4.82. The molecule has 2 aromatic rings. The molecule has 17 heavy (non-hydrogen) atoms. The number of hydrogen-bond acceptors (Lipinski definition) is 3. The van der Waals surface area contributed by atoms with Crippen LogP contribution in [0, 0.1) is 0 Å². The predicted octanol–water partition coefficient (Wildman–Crippen LogP) is 1.85. The third-order valence-corrected chi connectivity index (χ3v) is 2.52. The Bertz CT molecular complexity index is 532. The second-order valence-electron chi connectivity index (χ2n) is 3.78. The Hall–Kier alpha value is -2.10. The van der Waals surface area contributed by atoms with E-state index < -0.39 is 0 Å².